The number of amides is 1. The van der Waals surface area contributed by atoms with Gasteiger partial charge in [-0.1, -0.05) is 42.6 Å². The molecular formula is C18H24ClN5O. The van der Waals surface area contributed by atoms with Gasteiger partial charge < -0.3 is 11.1 Å². The van der Waals surface area contributed by atoms with Gasteiger partial charge in [-0.05, 0) is 49.9 Å². The number of halogens is 1. The number of nitrogens with two attached hydrogens (primary N) is 1. The highest BCUT2D eigenvalue weighted by Gasteiger charge is 2.29. The minimum absolute atomic E-state index is 0.128. The van der Waals surface area contributed by atoms with E-state index in [4.69, 9.17) is 17.3 Å². The molecule has 1 aliphatic carbocycles. The van der Waals surface area contributed by atoms with Gasteiger partial charge in [0.05, 0.1) is 11.4 Å². The van der Waals surface area contributed by atoms with E-state index in [0.29, 0.717) is 29.6 Å². The van der Waals surface area contributed by atoms with Crippen LogP contribution >= 0.6 is 11.6 Å². The number of benzene rings is 1. The van der Waals surface area contributed by atoms with E-state index in [1.807, 2.05) is 24.3 Å². The Labute approximate surface area is 152 Å². The summed E-state index contributed by atoms with van der Waals surface area (Å²) in [6.07, 6.45) is 4.75. The maximum absolute atomic E-state index is 12.8. The van der Waals surface area contributed by atoms with Gasteiger partial charge in [0.25, 0.3) is 5.91 Å². The number of carbonyl (C=O) groups is 1. The monoisotopic (exact) mass is 361 g/mol. The Morgan fingerprint density at radius 1 is 1.44 bits per heavy atom. The first-order valence-electron chi connectivity index (χ1n) is 8.85. The molecule has 0 bridgehead atoms. The molecule has 2 atom stereocenters. The molecule has 134 valence electrons. The van der Waals surface area contributed by atoms with Crippen molar-refractivity contribution >= 4 is 17.5 Å². The highest BCUT2D eigenvalue weighted by atomic mass is 35.5. The molecule has 1 fully saturated rings. The van der Waals surface area contributed by atoms with Gasteiger partial charge in [0.15, 0.2) is 5.69 Å². The lowest BCUT2D eigenvalue weighted by Gasteiger charge is -2.19. The van der Waals surface area contributed by atoms with Gasteiger partial charge >= 0.3 is 0 Å². The van der Waals surface area contributed by atoms with Crippen molar-refractivity contribution in [3.8, 4) is 5.69 Å². The number of nitrogens with zero attached hydrogens (tertiary/aromatic N) is 3. The smallest absolute Gasteiger partial charge is 0.274 e. The third-order valence-electron chi connectivity index (χ3n) is 4.80. The van der Waals surface area contributed by atoms with Crippen LogP contribution in [-0.2, 0) is 6.42 Å². The van der Waals surface area contributed by atoms with Crippen LogP contribution in [0.15, 0.2) is 24.3 Å². The van der Waals surface area contributed by atoms with Gasteiger partial charge in [0.2, 0.25) is 0 Å². The largest absolute Gasteiger partial charge is 0.348 e. The van der Waals surface area contributed by atoms with Gasteiger partial charge in [-0.2, -0.15) is 0 Å². The Morgan fingerprint density at radius 3 is 3.00 bits per heavy atom. The van der Waals surface area contributed by atoms with Crippen molar-refractivity contribution in [3.63, 3.8) is 0 Å². The van der Waals surface area contributed by atoms with Gasteiger partial charge in [-0.25, -0.2) is 4.68 Å². The van der Waals surface area contributed by atoms with E-state index in [9.17, 15) is 4.79 Å². The van der Waals surface area contributed by atoms with Crippen LogP contribution in [0.25, 0.3) is 5.69 Å². The zero-order valence-corrected chi connectivity index (χ0v) is 15.2. The Morgan fingerprint density at radius 2 is 2.28 bits per heavy atom. The van der Waals surface area contributed by atoms with Crippen molar-refractivity contribution in [1.29, 1.82) is 0 Å². The molecular weight excluding hydrogens is 338 g/mol. The fourth-order valence-electron chi connectivity index (χ4n) is 3.50. The molecule has 7 heteroatoms. The molecule has 0 radical (unpaired) electrons. The van der Waals surface area contributed by atoms with Gasteiger partial charge in [-0.3, -0.25) is 4.79 Å². The van der Waals surface area contributed by atoms with E-state index in [-0.39, 0.29) is 11.9 Å². The third kappa shape index (κ3) is 3.85. The molecule has 1 saturated carbocycles. The minimum Gasteiger partial charge on any atom is -0.348 e. The lowest BCUT2D eigenvalue weighted by atomic mass is 10.0. The zero-order chi connectivity index (χ0) is 17.8. The molecule has 2 aromatic rings. The molecule has 1 heterocycles. The fraction of sp³-hybridized carbons (Fsp3) is 0.500. The Bertz CT molecular complexity index is 745. The molecule has 0 saturated heterocycles. The highest BCUT2D eigenvalue weighted by Crippen LogP contribution is 2.25. The van der Waals surface area contributed by atoms with E-state index in [1.165, 1.54) is 0 Å². The highest BCUT2D eigenvalue weighted by molar-refractivity contribution is 6.30. The molecule has 1 aromatic carbocycles. The van der Waals surface area contributed by atoms with E-state index in [1.54, 1.807) is 4.68 Å². The van der Waals surface area contributed by atoms with Crippen LogP contribution < -0.4 is 11.1 Å². The Kier molecular flexibility index (Phi) is 5.71. The number of aromatic nitrogens is 3. The molecule has 0 spiro atoms. The summed E-state index contributed by atoms with van der Waals surface area (Å²) in [4.78, 5) is 12.8. The zero-order valence-electron chi connectivity index (χ0n) is 14.4. The lowest BCUT2D eigenvalue weighted by Crippen LogP contribution is -2.40. The minimum atomic E-state index is -0.165. The third-order valence-corrected chi connectivity index (χ3v) is 5.03. The first-order valence-corrected chi connectivity index (χ1v) is 9.23. The summed E-state index contributed by atoms with van der Waals surface area (Å²) in [6, 6.07) is 7.52. The van der Waals surface area contributed by atoms with Gasteiger partial charge in [-0.15, -0.1) is 5.10 Å². The average molecular weight is 362 g/mol. The summed E-state index contributed by atoms with van der Waals surface area (Å²) in [5.41, 5.74) is 7.83. The standard InChI is InChI=1S/C18H24ClN5O/c1-2-5-16-17(18(25)21-15-9-3-6-12(15)11-20)22-23-24(16)14-8-4-7-13(19)10-14/h4,7-8,10,12,15H,2-3,5-6,9,11,20H2,1H3,(H,21,25). The molecule has 1 aromatic heterocycles. The van der Waals surface area contributed by atoms with Crippen LogP contribution in [0.2, 0.25) is 5.02 Å². The van der Waals surface area contributed by atoms with Crippen molar-refractivity contribution in [2.24, 2.45) is 11.7 Å². The summed E-state index contributed by atoms with van der Waals surface area (Å²) < 4.78 is 1.71. The predicted octanol–water partition coefficient (Wildman–Crippen LogP) is 2.73. The number of hydrogen-bond donors (Lipinski definition) is 2. The molecule has 6 nitrogen and oxygen atoms in total. The first-order chi connectivity index (χ1) is 12.1. The number of hydrogen-bond acceptors (Lipinski definition) is 4. The van der Waals surface area contributed by atoms with E-state index >= 15 is 0 Å². The van der Waals surface area contributed by atoms with Crippen molar-refractivity contribution in [2.45, 2.75) is 45.1 Å². The van der Waals surface area contributed by atoms with Crippen molar-refractivity contribution in [3.05, 3.63) is 40.7 Å². The molecule has 25 heavy (non-hydrogen) atoms. The molecule has 2 unspecified atom stereocenters. The van der Waals surface area contributed by atoms with Crippen LogP contribution in [-0.4, -0.2) is 33.5 Å². The van der Waals surface area contributed by atoms with E-state index in [2.05, 4.69) is 22.6 Å². The summed E-state index contributed by atoms with van der Waals surface area (Å²) in [5, 5.41) is 12.1. The summed E-state index contributed by atoms with van der Waals surface area (Å²) in [5.74, 6) is 0.184. The number of carbonyl (C=O) groups excluding carboxylic acids is 1. The molecule has 0 aliphatic heterocycles. The quantitative estimate of drug-likeness (QED) is 0.828. The van der Waals surface area contributed by atoms with E-state index in [0.717, 1.165) is 37.1 Å². The number of rotatable bonds is 6. The van der Waals surface area contributed by atoms with Crippen molar-refractivity contribution in [1.82, 2.24) is 20.3 Å². The summed E-state index contributed by atoms with van der Waals surface area (Å²) in [7, 11) is 0. The molecule has 3 N–H and O–H groups in total. The van der Waals surface area contributed by atoms with Crippen LogP contribution in [0, 0.1) is 5.92 Å². The second kappa shape index (κ2) is 7.97. The second-order valence-corrected chi connectivity index (χ2v) is 6.97. The Balaban J connectivity index is 1.87. The lowest BCUT2D eigenvalue weighted by molar-refractivity contribution is 0.0922. The van der Waals surface area contributed by atoms with Gasteiger partial charge in [0.1, 0.15) is 0 Å². The molecule has 3 rings (SSSR count). The molecule has 1 amide bonds. The van der Waals surface area contributed by atoms with Gasteiger partial charge in [0, 0.05) is 11.1 Å². The summed E-state index contributed by atoms with van der Waals surface area (Å²) in [6.45, 7) is 2.67. The second-order valence-electron chi connectivity index (χ2n) is 6.53. The summed E-state index contributed by atoms with van der Waals surface area (Å²) >= 11 is 6.09. The van der Waals surface area contributed by atoms with E-state index < -0.39 is 0 Å². The van der Waals surface area contributed by atoms with Crippen LogP contribution in [0.1, 0.15) is 48.8 Å². The van der Waals surface area contributed by atoms with Crippen molar-refractivity contribution in [2.75, 3.05) is 6.54 Å². The van der Waals surface area contributed by atoms with Crippen LogP contribution in [0.3, 0.4) is 0 Å². The first kappa shape index (κ1) is 17.9. The SMILES string of the molecule is CCCc1c(C(=O)NC2CCCC2CN)nnn1-c1cccc(Cl)c1. The Hall–Kier alpha value is -1.92. The van der Waals surface area contributed by atoms with Crippen LogP contribution in [0.5, 0.6) is 0 Å². The normalized spacial score (nSPS) is 20.0. The maximum Gasteiger partial charge on any atom is 0.274 e. The topological polar surface area (TPSA) is 85.8 Å². The van der Waals surface area contributed by atoms with Crippen LogP contribution in [0.4, 0.5) is 0 Å². The number of nitrogens with one attached hydrogen (secondary N) is 1. The average Bonchev–Trinajstić information content (AvgIpc) is 3.21. The fourth-order valence-corrected chi connectivity index (χ4v) is 3.68. The molecule has 1 aliphatic rings. The predicted molar refractivity (Wildman–Crippen MR) is 98.0 cm³/mol. The maximum atomic E-state index is 12.8. The van der Waals surface area contributed by atoms with Crippen molar-refractivity contribution < 1.29 is 4.79 Å².